The highest BCUT2D eigenvalue weighted by Crippen LogP contribution is 2.67. The fourth-order valence-electron chi connectivity index (χ4n) is 9.32. The summed E-state index contributed by atoms with van der Waals surface area (Å²) in [6, 6.07) is 0. The molecule has 0 N–H and O–H groups in total. The Bertz CT molecular complexity index is 737. The minimum absolute atomic E-state index is 0.0256. The van der Waals surface area contributed by atoms with E-state index >= 15 is 0 Å². The van der Waals surface area contributed by atoms with E-state index in [1.807, 2.05) is 0 Å². The van der Waals surface area contributed by atoms with Crippen molar-refractivity contribution in [3.8, 4) is 0 Å². The first-order valence-electron chi connectivity index (χ1n) is 15.1. The zero-order valence-electron chi connectivity index (χ0n) is 23.3. The third kappa shape index (κ3) is 5.04. The van der Waals surface area contributed by atoms with Crippen LogP contribution in [0.25, 0.3) is 0 Å². The number of hydrogen-bond acceptors (Lipinski definition) is 2. The van der Waals surface area contributed by atoms with Gasteiger partial charge >= 0.3 is 5.97 Å². The highest BCUT2D eigenvalue weighted by Gasteiger charge is 2.59. The van der Waals surface area contributed by atoms with Crippen molar-refractivity contribution in [1.82, 2.24) is 0 Å². The molecule has 3 saturated carbocycles. The molecule has 4 aliphatic rings. The first kappa shape index (κ1) is 26.3. The summed E-state index contributed by atoms with van der Waals surface area (Å²) >= 11 is 0. The largest absolute Gasteiger partial charge is 0.462 e. The molecule has 0 aliphatic heterocycles. The van der Waals surface area contributed by atoms with Gasteiger partial charge in [-0.25, -0.2) is 0 Å². The highest BCUT2D eigenvalue weighted by molar-refractivity contribution is 5.69. The lowest BCUT2D eigenvalue weighted by molar-refractivity contribution is -0.151. The van der Waals surface area contributed by atoms with Crippen LogP contribution in [0.3, 0.4) is 0 Å². The summed E-state index contributed by atoms with van der Waals surface area (Å²) in [6.45, 7) is 14.7. The van der Waals surface area contributed by atoms with E-state index in [0.29, 0.717) is 17.3 Å². The zero-order chi connectivity index (χ0) is 24.5. The van der Waals surface area contributed by atoms with Gasteiger partial charge in [0.1, 0.15) is 6.10 Å². The number of fused-ring (bicyclic) bond motifs is 5. The SMILES string of the molecule is CCCCC(=O)O[C@H]1CCC2(C)C(=CCC3C2CC[C@]2(C)C(C(C)CCCC(C)C)CCC32)C1. The van der Waals surface area contributed by atoms with Gasteiger partial charge in [-0.05, 0) is 97.7 Å². The van der Waals surface area contributed by atoms with E-state index in [0.717, 1.165) is 61.2 Å². The van der Waals surface area contributed by atoms with Crippen LogP contribution in [0.1, 0.15) is 131 Å². The fraction of sp³-hybridized carbons (Fsp3) is 0.906. The lowest BCUT2D eigenvalue weighted by atomic mass is 9.47. The Morgan fingerprint density at radius 3 is 2.56 bits per heavy atom. The van der Waals surface area contributed by atoms with Gasteiger partial charge in [-0.1, -0.05) is 78.9 Å². The molecule has 2 nitrogen and oxygen atoms in total. The molecule has 0 radical (unpaired) electrons. The monoisotopic (exact) mass is 470 g/mol. The Morgan fingerprint density at radius 1 is 1.03 bits per heavy atom. The van der Waals surface area contributed by atoms with Crippen molar-refractivity contribution in [2.24, 2.45) is 46.3 Å². The molecule has 3 fully saturated rings. The maximum Gasteiger partial charge on any atom is 0.306 e. The smallest absolute Gasteiger partial charge is 0.306 e. The van der Waals surface area contributed by atoms with Crippen LogP contribution >= 0.6 is 0 Å². The van der Waals surface area contributed by atoms with Crippen LogP contribution in [0, 0.1) is 46.3 Å². The second kappa shape index (κ2) is 10.7. The third-order valence-corrected chi connectivity index (χ3v) is 11.3. The summed E-state index contributed by atoms with van der Waals surface area (Å²) in [5.74, 6) is 5.32. The number of carbonyl (C=O) groups excluding carboxylic acids is 1. The molecule has 0 amide bonds. The molecule has 194 valence electrons. The molecule has 0 saturated heterocycles. The Kier molecular flexibility index (Phi) is 8.25. The average Bonchev–Trinajstić information content (AvgIpc) is 3.15. The Hall–Kier alpha value is -0.790. The molecule has 0 bridgehead atoms. The normalized spacial score (nSPS) is 40.2. The number of esters is 1. The third-order valence-electron chi connectivity index (χ3n) is 11.3. The highest BCUT2D eigenvalue weighted by atomic mass is 16.5. The molecular formula is C32H54O2. The van der Waals surface area contributed by atoms with Gasteiger partial charge in [-0.2, -0.15) is 0 Å². The minimum Gasteiger partial charge on any atom is -0.462 e. The van der Waals surface area contributed by atoms with Crippen LogP contribution in [-0.2, 0) is 9.53 Å². The Labute approximate surface area is 211 Å². The number of carbonyl (C=O) groups is 1. The van der Waals surface area contributed by atoms with E-state index in [2.05, 4.69) is 47.6 Å². The molecule has 0 spiro atoms. The second-order valence-corrected chi connectivity index (χ2v) is 13.7. The maximum atomic E-state index is 12.2. The summed E-state index contributed by atoms with van der Waals surface area (Å²) in [5.41, 5.74) is 2.54. The van der Waals surface area contributed by atoms with Gasteiger partial charge < -0.3 is 4.74 Å². The summed E-state index contributed by atoms with van der Waals surface area (Å²) in [7, 11) is 0. The topological polar surface area (TPSA) is 26.3 Å². The van der Waals surface area contributed by atoms with E-state index in [9.17, 15) is 4.79 Å². The van der Waals surface area contributed by atoms with Crippen LogP contribution in [-0.4, -0.2) is 12.1 Å². The zero-order valence-corrected chi connectivity index (χ0v) is 23.3. The van der Waals surface area contributed by atoms with E-state index < -0.39 is 0 Å². The molecule has 34 heavy (non-hydrogen) atoms. The van der Waals surface area contributed by atoms with Gasteiger partial charge in [0, 0.05) is 12.8 Å². The Morgan fingerprint density at radius 2 is 1.82 bits per heavy atom. The van der Waals surface area contributed by atoms with Crippen molar-refractivity contribution < 1.29 is 9.53 Å². The minimum atomic E-state index is 0.0256. The van der Waals surface area contributed by atoms with Crippen LogP contribution in [0.2, 0.25) is 0 Å². The molecule has 4 aliphatic carbocycles. The van der Waals surface area contributed by atoms with Gasteiger partial charge in [0.2, 0.25) is 0 Å². The fourth-order valence-corrected chi connectivity index (χ4v) is 9.32. The molecule has 0 aromatic carbocycles. The first-order valence-corrected chi connectivity index (χ1v) is 15.1. The van der Waals surface area contributed by atoms with Gasteiger partial charge in [0.25, 0.3) is 0 Å². The predicted molar refractivity (Wildman–Crippen MR) is 142 cm³/mol. The van der Waals surface area contributed by atoms with Crippen molar-refractivity contribution >= 4 is 5.97 Å². The molecule has 0 aromatic rings. The van der Waals surface area contributed by atoms with Crippen molar-refractivity contribution in [2.45, 2.75) is 138 Å². The van der Waals surface area contributed by atoms with Crippen molar-refractivity contribution in [3.05, 3.63) is 11.6 Å². The van der Waals surface area contributed by atoms with Crippen molar-refractivity contribution in [1.29, 1.82) is 0 Å². The van der Waals surface area contributed by atoms with Gasteiger partial charge in [0.05, 0.1) is 0 Å². The van der Waals surface area contributed by atoms with Gasteiger partial charge in [0.15, 0.2) is 0 Å². The number of ether oxygens (including phenoxy) is 1. The number of rotatable bonds is 9. The molecule has 2 heteroatoms. The van der Waals surface area contributed by atoms with Crippen molar-refractivity contribution in [3.63, 3.8) is 0 Å². The van der Waals surface area contributed by atoms with Crippen LogP contribution in [0.5, 0.6) is 0 Å². The molecule has 4 rings (SSSR count). The summed E-state index contributed by atoms with van der Waals surface area (Å²) in [5, 5.41) is 0. The van der Waals surface area contributed by atoms with E-state index in [-0.39, 0.29) is 12.1 Å². The van der Waals surface area contributed by atoms with E-state index in [1.54, 1.807) is 5.57 Å². The van der Waals surface area contributed by atoms with Crippen LogP contribution in [0.15, 0.2) is 11.6 Å². The average molecular weight is 471 g/mol. The molecule has 0 heterocycles. The Balaban J connectivity index is 1.41. The number of hydrogen-bond donors (Lipinski definition) is 0. The summed E-state index contributed by atoms with van der Waals surface area (Å²) in [4.78, 5) is 12.2. The molecular weight excluding hydrogens is 416 g/mol. The number of allylic oxidation sites excluding steroid dienone is 1. The van der Waals surface area contributed by atoms with Crippen LogP contribution < -0.4 is 0 Å². The molecule has 8 atom stereocenters. The van der Waals surface area contributed by atoms with E-state index in [1.165, 1.54) is 57.8 Å². The van der Waals surface area contributed by atoms with Gasteiger partial charge in [-0.15, -0.1) is 0 Å². The predicted octanol–water partition coefficient (Wildman–Crippen LogP) is 9.13. The maximum absolute atomic E-state index is 12.2. The standard InChI is InChI=1S/C32H54O2/c1-7-8-12-30(33)34-25-17-19-31(5)24(21-25)13-14-26-28-16-15-27(23(4)11-9-10-22(2)3)32(28,6)20-18-29(26)31/h13,22-23,25-29H,7-12,14-21H2,1-6H3/t23?,25-,26?,27?,28?,29?,31?,32+/m0/s1. The molecule has 6 unspecified atom stereocenters. The first-order chi connectivity index (χ1) is 16.2. The van der Waals surface area contributed by atoms with Gasteiger partial charge in [-0.3, -0.25) is 4.79 Å². The summed E-state index contributed by atoms with van der Waals surface area (Å²) < 4.78 is 5.92. The molecule has 0 aromatic heterocycles. The quantitative estimate of drug-likeness (QED) is 0.248. The summed E-state index contributed by atoms with van der Waals surface area (Å²) in [6.07, 6.45) is 19.9. The van der Waals surface area contributed by atoms with Crippen LogP contribution in [0.4, 0.5) is 0 Å². The lowest BCUT2D eigenvalue weighted by Crippen LogP contribution is -2.51. The lowest BCUT2D eigenvalue weighted by Gasteiger charge is -2.58. The second-order valence-electron chi connectivity index (χ2n) is 13.7. The van der Waals surface area contributed by atoms with E-state index in [4.69, 9.17) is 4.74 Å². The number of unbranched alkanes of at least 4 members (excludes halogenated alkanes) is 1. The van der Waals surface area contributed by atoms with Crippen molar-refractivity contribution in [2.75, 3.05) is 0 Å².